The largest absolute Gasteiger partial charge is 0.489 e. The topological polar surface area (TPSA) is 88.9 Å². The van der Waals surface area contributed by atoms with Crippen LogP contribution in [0.1, 0.15) is 42.1 Å². The summed E-state index contributed by atoms with van der Waals surface area (Å²) in [5, 5.41) is 16.0. The van der Waals surface area contributed by atoms with Crippen molar-refractivity contribution in [3.8, 4) is 5.75 Å². The highest BCUT2D eigenvalue weighted by atomic mass is 35.5. The molecule has 4 aromatic rings. The number of hydrogen-bond donors (Lipinski definition) is 1. The van der Waals surface area contributed by atoms with Crippen molar-refractivity contribution in [1.29, 1.82) is 0 Å². The van der Waals surface area contributed by atoms with Crippen LogP contribution in [0.3, 0.4) is 0 Å². The first-order valence-corrected chi connectivity index (χ1v) is 12.0. The van der Waals surface area contributed by atoms with Crippen LogP contribution in [-0.2, 0) is 19.6 Å². The summed E-state index contributed by atoms with van der Waals surface area (Å²) < 4.78 is 8.06. The van der Waals surface area contributed by atoms with Crippen molar-refractivity contribution < 1.29 is 9.53 Å². The van der Waals surface area contributed by atoms with Crippen molar-refractivity contribution in [3.05, 3.63) is 69.6 Å². The van der Waals surface area contributed by atoms with Crippen LogP contribution >= 0.6 is 23.2 Å². The van der Waals surface area contributed by atoms with E-state index in [1.807, 2.05) is 43.0 Å². The lowest BCUT2D eigenvalue weighted by atomic mass is 10.2. The number of aromatic nitrogens is 5. The molecular formula is C24H26Cl2N6O2. The van der Waals surface area contributed by atoms with Gasteiger partial charge in [-0.05, 0) is 67.1 Å². The maximum absolute atomic E-state index is 13.3. The Labute approximate surface area is 207 Å². The second kappa shape index (κ2) is 10.9. The number of aromatic amines is 1. The summed E-state index contributed by atoms with van der Waals surface area (Å²) in [7, 11) is 0. The van der Waals surface area contributed by atoms with Gasteiger partial charge >= 0.3 is 0 Å². The van der Waals surface area contributed by atoms with E-state index < -0.39 is 0 Å². The van der Waals surface area contributed by atoms with Gasteiger partial charge in [0.25, 0.3) is 5.91 Å². The fraction of sp³-hybridized carbons (Fsp3) is 0.333. The molecule has 0 aliphatic carbocycles. The molecule has 0 saturated carbocycles. The van der Waals surface area contributed by atoms with Crippen LogP contribution in [0.5, 0.6) is 5.75 Å². The summed E-state index contributed by atoms with van der Waals surface area (Å²) in [5.74, 6) is 1.41. The Kier molecular flexibility index (Phi) is 7.70. The highest BCUT2D eigenvalue weighted by Gasteiger charge is 2.20. The summed E-state index contributed by atoms with van der Waals surface area (Å²) in [6.07, 6.45) is 1.47. The third-order valence-corrected chi connectivity index (χ3v) is 6.48. The van der Waals surface area contributed by atoms with Gasteiger partial charge in [-0.15, -0.1) is 5.10 Å². The molecule has 4 rings (SSSR count). The van der Waals surface area contributed by atoms with Crippen LogP contribution in [0.2, 0.25) is 10.0 Å². The predicted octanol–water partition coefficient (Wildman–Crippen LogP) is 5.16. The fourth-order valence-corrected chi connectivity index (χ4v) is 4.45. The highest BCUT2D eigenvalue weighted by Crippen LogP contribution is 2.29. The molecule has 0 unspecified atom stereocenters. The first-order valence-electron chi connectivity index (χ1n) is 11.2. The van der Waals surface area contributed by atoms with E-state index in [0.29, 0.717) is 47.5 Å². The van der Waals surface area contributed by atoms with Gasteiger partial charge < -0.3 is 14.2 Å². The van der Waals surface area contributed by atoms with Gasteiger partial charge in [-0.2, -0.15) is 0 Å². The number of carbonyl (C=O) groups is 1. The van der Waals surface area contributed by atoms with Gasteiger partial charge in [0, 0.05) is 52.6 Å². The minimum Gasteiger partial charge on any atom is -0.489 e. The number of halogens is 2. The molecule has 2 aromatic heterocycles. The number of carbonyl (C=O) groups excluding carboxylic acids is 1. The van der Waals surface area contributed by atoms with Gasteiger partial charge in [0.05, 0.1) is 0 Å². The molecule has 1 amide bonds. The van der Waals surface area contributed by atoms with Crippen LogP contribution in [0.15, 0.2) is 42.5 Å². The molecule has 0 spiro atoms. The van der Waals surface area contributed by atoms with E-state index in [0.717, 1.165) is 28.7 Å². The molecule has 0 fully saturated rings. The number of rotatable bonds is 10. The third-order valence-electron chi connectivity index (χ3n) is 5.77. The summed E-state index contributed by atoms with van der Waals surface area (Å²) >= 11 is 12.5. The molecule has 2 aromatic carbocycles. The van der Waals surface area contributed by atoms with Crippen LogP contribution in [-0.4, -0.2) is 49.1 Å². The molecular weight excluding hydrogens is 475 g/mol. The number of tetrazole rings is 1. The zero-order valence-electron chi connectivity index (χ0n) is 19.1. The maximum atomic E-state index is 13.3. The Bertz CT molecular complexity index is 1250. The fourth-order valence-electron chi connectivity index (χ4n) is 3.94. The Balaban J connectivity index is 1.61. The molecule has 8 nitrogen and oxygen atoms in total. The van der Waals surface area contributed by atoms with E-state index in [2.05, 4.69) is 25.2 Å². The number of benzene rings is 2. The molecule has 0 saturated heterocycles. The van der Waals surface area contributed by atoms with E-state index in [4.69, 9.17) is 27.9 Å². The second-order valence-electron chi connectivity index (χ2n) is 7.82. The average molecular weight is 501 g/mol. The second-order valence-corrected chi connectivity index (χ2v) is 8.63. The summed E-state index contributed by atoms with van der Waals surface area (Å²) in [6, 6.07) is 13.1. The van der Waals surface area contributed by atoms with Crippen molar-refractivity contribution in [2.24, 2.45) is 0 Å². The number of ether oxygens (including phenoxy) is 1. The lowest BCUT2D eigenvalue weighted by molar-refractivity contribution is 0.0762. The van der Waals surface area contributed by atoms with E-state index in [1.165, 1.54) is 0 Å². The van der Waals surface area contributed by atoms with Crippen LogP contribution in [0.25, 0.3) is 10.9 Å². The Morgan fingerprint density at radius 1 is 1.12 bits per heavy atom. The zero-order valence-corrected chi connectivity index (χ0v) is 20.6. The van der Waals surface area contributed by atoms with Gasteiger partial charge in [-0.1, -0.05) is 29.3 Å². The van der Waals surface area contributed by atoms with Gasteiger partial charge in [0.1, 0.15) is 23.9 Å². The van der Waals surface area contributed by atoms with Gasteiger partial charge in [0.2, 0.25) is 0 Å². The number of nitrogens with zero attached hydrogens (tertiary/aromatic N) is 5. The highest BCUT2D eigenvalue weighted by molar-refractivity contribution is 6.35. The predicted molar refractivity (Wildman–Crippen MR) is 132 cm³/mol. The monoisotopic (exact) mass is 500 g/mol. The quantitative estimate of drug-likeness (QED) is 0.325. The molecule has 1 N–H and O–H groups in total. The number of nitrogens with one attached hydrogen (secondary N) is 1. The number of hydrogen-bond acceptors (Lipinski definition) is 5. The number of aryl methyl sites for hydroxylation is 2. The zero-order chi connectivity index (χ0) is 24.1. The molecule has 178 valence electrons. The molecule has 0 aliphatic heterocycles. The van der Waals surface area contributed by atoms with Crippen molar-refractivity contribution in [3.63, 3.8) is 0 Å². The Morgan fingerprint density at radius 2 is 1.88 bits per heavy atom. The Morgan fingerprint density at radius 3 is 2.56 bits per heavy atom. The smallest absolute Gasteiger partial charge is 0.270 e. The van der Waals surface area contributed by atoms with Crippen molar-refractivity contribution in [2.45, 2.75) is 39.8 Å². The molecule has 0 atom stereocenters. The molecule has 0 aliphatic rings. The SMILES string of the molecule is CCN(CC)C(=O)c1cc2cc(OCc3c(Cl)cccc3Cl)ccc2n1CCCc1nnn[nH]1. The molecule has 0 radical (unpaired) electrons. The molecule has 0 bridgehead atoms. The van der Waals surface area contributed by atoms with Gasteiger partial charge in [0.15, 0.2) is 0 Å². The van der Waals surface area contributed by atoms with Crippen LogP contribution < -0.4 is 4.74 Å². The lowest BCUT2D eigenvalue weighted by Crippen LogP contribution is -2.32. The standard InChI is InChI=1S/C24H26Cl2N6O2/c1-3-31(4-2)24(33)22-14-16-13-17(34-15-18-19(25)7-5-8-20(18)26)10-11-21(16)32(22)12-6-9-23-27-29-30-28-23/h5,7-8,10-11,13-14H,3-4,6,9,12,15H2,1-2H3,(H,27,28,29,30). The maximum Gasteiger partial charge on any atom is 0.270 e. The lowest BCUT2D eigenvalue weighted by Gasteiger charge is -2.20. The number of amides is 1. The summed E-state index contributed by atoms with van der Waals surface area (Å²) in [5.41, 5.74) is 2.36. The van der Waals surface area contributed by atoms with Crippen molar-refractivity contribution >= 4 is 40.0 Å². The van der Waals surface area contributed by atoms with E-state index >= 15 is 0 Å². The number of H-pyrrole nitrogens is 1. The minimum atomic E-state index is 0.00727. The molecule has 2 heterocycles. The first-order chi connectivity index (χ1) is 16.5. The van der Waals surface area contributed by atoms with Crippen molar-refractivity contribution in [2.75, 3.05) is 13.1 Å². The van der Waals surface area contributed by atoms with Crippen LogP contribution in [0, 0.1) is 0 Å². The minimum absolute atomic E-state index is 0.00727. The van der Waals surface area contributed by atoms with Gasteiger partial charge in [-0.25, -0.2) is 5.10 Å². The first kappa shape index (κ1) is 24.0. The average Bonchev–Trinajstić information content (AvgIpc) is 3.47. The number of fused-ring (bicyclic) bond motifs is 1. The Hall–Kier alpha value is -3.10. The van der Waals surface area contributed by atoms with E-state index in [1.54, 1.807) is 18.2 Å². The summed E-state index contributed by atoms with van der Waals surface area (Å²) in [6.45, 7) is 6.17. The van der Waals surface area contributed by atoms with Crippen molar-refractivity contribution in [1.82, 2.24) is 30.1 Å². The van der Waals surface area contributed by atoms with E-state index in [9.17, 15) is 4.79 Å². The summed E-state index contributed by atoms with van der Waals surface area (Å²) in [4.78, 5) is 15.1. The van der Waals surface area contributed by atoms with E-state index in [-0.39, 0.29) is 12.5 Å². The molecule has 10 heteroatoms. The van der Waals surface area contributed by atoms with Gasteiger partial charge in [-0.3, -0.25) is 4.79 Å². The third kappa shape index (κ3) is 5.18. The van der Waals surface area contributed by atoms with Crippen LogP contribution in [0.4, 0.5) is 0 Å². The normalized spacial score (nSPS) is 11.2. The molecule has 34 heavy (non-hydrogen) atoms.